The standard InChI is InChI=1S/C7H7F3N2O2S/c1-12-5-3-15(13,14)2-4(5)6(11-12)7(8,9)10/h2-3H2,1H3. The second-order valence-corrected chi connectivity index (χ2v) is 5.49. The van der Waals surface area contributed by atoms with Crippen LogP contribution in [0.5, 0.6) is 0 Å². The van der Waals surface area contributed by atoms with Crippen molar-refractivity contribution in [1.29, 1.82) is 0 Å². The molecule has 15 heavy (non-hydrogen) atoms. The second-order valence-electron chi connectivity index (χ2n) is 3.43. The van der Waals surface area contributed by atoms with Crippen molar-refractivity contribution in [1.82, 2.24) is 9.78 Å². The number of fused-ring (bicyclic) bond motifs is 1. The Morgan fingerprint density at radius 1 is 1.33 bits per heavy atom. The van der Waals surface area contributed by atoms with E-state index in [9.17, 15) is 21.6 Å². The summed E-state index contributed by atoms with van der Waals surface area (Å²) in [7, 11) is -2.11. The quantitative estimate of drug-likeness (QED) is 0.676. The van der Waals surface area contributed by atoms with Crippen LogP contribution in [0.25, 0.3) is 0 Å². The summed E-state index contributed by atoms with van der Waals surface area (Å²) in [6.45, 7) is 0. The Kier molecular flexibility index (Phi) is 1.92. The number of sulfone groups is 1. The topological polar surface area (TPSA) is 52.0 Å². The van der Waals surface area contributed by atoms with Gasteiger partial charge in [0.25, 0.3) is 0 Å². The average Bonchev–Trinajstić information content (AvgIpc) is 2.45. The maximum Gasteiger partial charge on any atom is 0.435 e. The molecule has 0 bridgehead atoms. The van der Waals surface area contributed by atoms with Crippen LogP contribution in [0.1, 0.15) is 17.0 Å². The lowest BCUT2D eigenvalue weighted by Crippen LogP contribution is -2.11. The van der Waals surface area contributed by atoms with E-state index in [2.05, 4.69) is 5.10 Å². The van der Waals surface area contributed by atoms with Gasteiger partial charge in [0.2, 0.25) is 0 Å². The molecule has 4 nitrogen and oxygen atoms in total. The third-order valence-corrected chi connectivity index (χ3v) is 3.71. The van der Waals surface area contributed by atoms with Crippen molar-refractivity contribution in [3.8, 4) is 0 Å². The van der Waals surface area contributed by atoms with Gasteiger partial charge in [0.05, 0.1) is 17.2 Å². The predicted octanol–water partition coefficient (Wildman–Crippen LogP) is 0.867. The van der Waals surface area contributed by atoms with Crippen LogP contribution in [0, 0.1) is 0 Å². The van der Waals surface area contributed by atoms with Crippen LogP contribution in [0.4, 0.5) is 13.2 Å². The van der Waals surface area contributed by atoms with E-state index in [4.69, 9.17) is 0 Å². The van der Waals surface area contributed by atoms with Gasteiger partial charge in [0.15, 0.2) is 15.5 Å². The van der Waals surface area contributed by atoms with Gasteiger partial charge in [0.1, 0.15) is 0 Å². The van der Waals surface area contributed by atoms with Crippen LogP contribution in [-0.2, 0) is 34.6 Å². The second kappa shape index (κ2) is 2.75. The molecule has 1 aliphatic heterocycles. The number of rotatable bonds is 0. The van der Waals surface area contributed by atoms with E-state index in [1.165, 1.54) is 7.05 Å². The molecule has 1 aliphatic rings. The average molecular weight is 240 g/mol. The monoisotopic (exact) mass is 240 g/mol. The Labute approximate surface area is 83.6 Å². The van der Waals surface area contributed by atoms with Crippen molar-refractivity contribution in [3.63, 3.8) is 0 Å². The number of nitrogens with zero attached hydrogens (tertiary/aromatic N) is 2. The lowest BCUT2D eigenvalue weighted by atomic mass is 10.2. The van der Waals surface area contributed by atoms with Crippen molar-refractivity contribution in [2.75, 3.05) is 0 Å². The Hall–Kier alpha value is -1.05. The highest BCUT2D eigenvalue weighted by Crippen LogP contribution is 2.37. The van der Waals surface area contributed by atoms with Crippen molar-refractivity contribution < 1.29 is 21.6 Å². The zero-order valence-corrected chi connectivity index (χ0v) is 8.48. The van der Waals surface area contributed by atoms with E-state index in [0.717, 1.165) is 4.68 Å². The summed E-state index contributed by atoms with van der Waals surface area (Å²) in [6, 6.07) is 0. The van der Waals surface area contributed by atoms with E-state index in [-0.39, 0.29) is 17.0 Å². The molecule has 0 radical (unpaired) electrons. The molecule has 0 amide bonds. The lowest BCUT2D eigenvalue weighted by Gasteiger charge is -2.03. The molecule has 0 spiro atoms. The van der Waals surface area contributed by atoms with E-state index in [1.54, 1.807) is 0 Å². The zero-order valence-electron chi connectivity index (χ0n) is 7.67. The zero-order chi connectivity index (χ0) is 11.4. The molecule has 8 heteroatoms. The van der Waals surface area contributed by atoms with Gasteiger partial charge < -0.3 is 0 Å². The normalized spacial score (nSPS) is 19.2. The summed E-state index contributed by atoms with van der Waals surface area (Å²) in [4.78, 5) is 0. The Balaban J connectivity index is 2.62. The van der Waals surface area contributed by atoms with Gasteiger partial charge in [-0.1, -0.05) is 0 Å². The van der Waals surface area contributed by atoms with Crippen molar-refractivity contribution in [2.45, 2.75) is 17.7 Å². The highest BCUT2D eigenvalue weighted by atomic mass is 32.2. The van der Waals surface area contributed by atoms with Crippen LogP contribution in [0.15, 0.2) is 0 Å². The van der Waals surface area contributed by atoms with E-state index < -0.39 is 27.5 Å². The van der Waals surface area contributed by atoms with Gasteiger partial charge in [-0.15, -0.1) is 0 Å². The van der Waals surface area contributed by atoms with Gasteiger partial charge in [0, 0.05) is 12.6 Å². The smallest absolute Gasteiger partial charge is 0.271 e. The van der Waals surface area contributed by atoms with Crippen molar-refractivity contribution in [3.05, 3.63) is 17.0 Å². The van der Waals surface area contributed by atoms with E-state index in [0.29, 0.717) is 0 Å². The first-order valence-electron chi connectivity index (χ1n) is 4.03. The summed E-state index contributed by atoms with van der Waals surface area (Å²) in [5.41, 5.74) is -1.14. The molecule has 0 aromatic carbocycles. The predicted molar refractivity (Wildman–Crippen MR) is 44.5 cm³/mol. The fraction of sp³-hybridized carbons (Fsp3) is 0.571. The number of aromatic nitrogens is 2. The van der Waals surface area contributed by atoms with Crippen molar-refractivity contribution in [2.24, 2.45) is 7.05 Å². The number of aryl methyl sites for hydroxylation is 1. The number of halogens is 3. The summed E-state index contributed by atoms with van der Waals surface area (Å²) in [5.74, 6) is -0.924. The molecule has 0 fully saturated rings. The molecule has 0 saturated carbocycles. The Morgan fingerprint density at radius 2 is 1.93 bits per heavy atom. The Bertz CT molecular complexity index is 515. The van der Waals surface area contributed by atoms with Crippen LogP contribution in [-0.4, -0.2) is 18.2 Å². The summed E-state index contributed by atoms with van der Waals surface area (Å²) < 4.78 is 60.6. The van der Waals surface area contributed by atoms with Gasteiger partial charge in [-0.25, -0.2) is 8.42 Å². The maximum absolute atomic E-state index is 12.4. The first-order chi connectivity index (χ1) is 6.71. The first kappa shape index (κ1) is 10.5. The molecule has 0 N–H and O–H groups in total. The van der Waals surface area contributed by atoms with Crippen molar-refractivity contribution >= 4 is 9.84 Å². The van der Waals surface area contributed by atoms with E-state index >= 15 is 0 Å². The third-order valence-electron chi connectivity index (χ3n) is 2.26. The van der Waals surface area contributed by atoms with Crippen LogP contribution >= 0.6 is 0 Å². The number of alkyl halides is 3. The maximum atomic E-state index is 12.4. The molecule has 2 rings (SSSR count). The fourth-order valence-corrected chi connectivity index (χ4v) is 3.26. The molecule has 1 aromatic heterocycles. The highest BCUT2D eigenvalue weighted by molar-refractivity contribution is 7.90. The minimum Gasteiger partial charge on any atom is -0.271 e. The van der Waals surface area contributed by atoms with Gasteiger partial charge >= 0.3 is 6.18 Å². The van der Waals surface area contributed by atoms with Gasteiger partial charge in [-0.3, -0.25) is 4.68 Å². The minimum atomic E-state index is -4.59. The van der Waals surface area contributed by atoms with Gasteiger partial charge in [-0.05, 0) is 0 Å². The number of hydrogen-bond donors (Lipinski definition) is 0. The largest absolute Gasteiger partial charge is 0.435 e. The Morgan fingerprint density at radius 3 is 2.47 bits per heavy atom. The molecule has 0 atom stereocenters. The summed E-state index contributed by atoms with van der Waals surface area (Å²) in [5, 5.41) is 3.30. The van der Waals surface area contributed by atoms with Crippen LogP contribution in [0.3, 0.4) is 0 Å². The SMILES string of the molecule is Cn1nc(C(F)(F)F)c2c1CS(=O)(=O)C2. The van der Waals surface area contributed by atoms with Crippen LogP contribution < -0.4 is 0 Å². The molecule has 1 aromatic rings. The highest BCUT2D eigenvalue weighted by Gasteiger charge is 2.43. The molecule has 84 valence electrons. The minimum absolute atomic E-state index is 0.141. The molecule has 0 aliphatic carbocycles. The third kappa shape index (κ3) is 1.62. The summed E-state index contributed by atoms with van der Waals surface area (Å²) >= 11 is 0. The van der Waals surface area contributed by atoms with Crippen LogP contribution in [0.2, 0.25) is 0 Å². The molecular weight excluding hydrogens is 233 g/mol. The molecule has 0 unspecified atom stereocenters. The van der Waals surface area contributed by atoms with E-state index in [1.807, 2.05) is 0 Å². The molecule has 2 heterocycles. The fourth-order valence-electron chi connectivity index (χ4n) is 1.64. The molecule has 0 saturated heterocycles. The van der Waals surface area contributed by atoms with Gasteiger partial charge in [-0.2, -0.15) is 18.3 Å². The molecular formula is C7H7F3N2O2S. The lowest BCUT2D eigenvalue weighted by molar-refractivity contribution is -0.141. The number of hydrogen-bond acceptors (Lipinski definition) is 3. The summed E-state index contributed by atoms with van der Waals surface area (Å²) in [6.07, 6.45) is -4.59. The first-order valence-corrected chi connectivity index (χ1v) is 5.85.